The Morgan fingerprint density at radius 1 is 1.03 bits per heavy atom. The molecule has 0 aromatic heterocycles. The highest BCUT2D eigenvalue weighted by Crippen LogP contribution is 2.36. The van der Waals surface area contributed by atoms with E-state index in [-0.39, 0.29) is 4.90 Å². The van der Waals surface area contributed by atoms with Crippen LogP contribution >= 0.6 is 11.8 Å². The van der Waals surface area contributed by atoms with Crippen molar-refractivity contribution in [3.05, 3.63) is 66.0 Å². The topological polar surface area (TPSA) is 62.1 Å². The number of hydrogen-bond donors (Lipinski definition) is 0. The molecule has 2 aliphatic heterocycles. The van der Waals surface area contributed by atoms with Crippen LogP contribution < -0.4 is 0 Å². The van der Waals surface area contributed by atoms with Gasteiger partial charge >= 0.3 is 0 Å². The minimum atomic E-state index is -3.65. The first kappa shape index (κ1) is 20.3. The summed E-state index contributed by atoms with van der Waals surface area (Å²) in [5, 5.41) is 0.925. The molecule has 0 aliphatic carbocycles. The molecule has 1 fully saturated rings. The lowest BCUT2D eigenvalue weighted by Gasteiger charge is -2.34. The summed E-state index contributed by atoms with van der Waals surface area (Å²) in [5.74, 6) is 0.442. The lowest BCUT2D eigenvalue weighted by Crippen LogP contribution is -2.44. The predicted octanol–water partition coefficient (Wildman–Crippen LogP) is 3.96. The molecular weight excluding hydrogens is 409 g/mol. The number of rotatable bonds is 4. The fourth-order valence-electron chi connectivity index (χ4n) is 3.61. The van der Waals surface area contributed by atoms with E-state index in [2.05, 4.69) is 6.92 Å². The number of aliphatic imine (C=N–C) groups is 2. The Kier molecular flexibility index (Phi) is 5.59. The highest BCUT2D eigenvalue weighted by molar-refractivity contribution is 8.15. The molecule has 0 N–H and O–H groups in total. The molecule has 2 aromatic rings. The van der Waals surface area contributed by atoms with Gasteiger partial charge in [-0.1, -0.05) is 37.3 Å². The minimum Gasteiger partial charge on any atom is -0.252 e. The number of hydrogen-bond acceptors (Lipinski definition) is 5. The number of halogens is 1. The molecule has 2 heterocycles. The number of piperidine rings is 1. The van der Waals surface area contributed by atoms with Gasteiger partial charge in [-0.25, -0.2) is 17.8 Å². The monoisotopic (exact) mass is 431 g/mol. The molecule has 2 aliphatic rings. The van der Waals surface area contributed by atoms with Crippen LogP contribution in [0.3, 0.4) is 0 Å². The molecule has 2 aromatic carbocycles. The summed E-state index contributed by atoms with van der Waals surface area (Å²) in [4.78, 5) is 10.0. The van der Waals surface area contributed by atoms with Crippen molar-refractivity contribution in [1.82, 2.24) is 4.31 Å². The number of nitrogens with zero attached hydrogens (tertiary/aromatic N) is 3. The van der Waals surface area contributed by atoms with Crippen molar-refractivity contribution in [2.45, 2.75) is 30.3 Å². The van der Waals surface area contributed by atoms with E-state index in [1.54, 1.807) is 11.8 Å². The van der Waals surface area contributed by atoms with Crippen LogP contribution in [0.5, 0.6) is 0 Å². The molecule has 29 heavy (non-hydrogen) atoms. The zero-order chi connectivity index (χ0) is 20.5. The van der Waals surface area contributed by atoms with Crippen LogP contribution in [0, 0.1) is 5.82 Å². The Labute approximate surface area is 174 Å². The molecule has 5 nitrogen and oxygen atoms in total. The second kappa shape index (κ2) is 8.01. The zero-order valence-corrected chi connectivity index (χ0v) is 17.7. The Balaban J connectivity index is 1.56. The minimum absolute atomic E-state index is 0.112. The van der Waals surface area contributed by atoms with Crippen LogP contribution in [0.15, 0.2) is 69.5 Å². The molecule has 0 radical (unpaired) electrons. The SMILES string of the molecule is CCSC1=NC2(CCN(S(=O)(=O)c3ccc(F)cc3)CC2)N=C1c1ccccc1. The van der Waals surface area contributed by atoms with Gasteiger partial charge < -0.3 is 0 Å². The number of benzene rings is 2. The summed E-state index contributed by atoms with van der Waals surface area (Å²) >= 11 is 1.67. The molecular formula is C21H22FN3O2S2. The first-order valence-corrected chi connectivity index (χ1v) is 12.0. The van der Waals surface area contributed by atoms with E-state index in [9.17, 15) is 12.8 Å². The van der Waals surface area contributed by atoms with Crippen molar-refractivity contribution < 1.29 is 12.8 Å². The van der Waals surface area contributed by atoms with Gasteiger partial charge in [-0.3, -0.25) is 4.99 Å². The fourth-order valence-corrected chi connectivity index (χ4v) is 5.86. The van der Waals surface area contributed by atoms with Crippen molar-refractivity contribution in [2.75, 3.05) is 18.8 Å². The first-order chi connectivity index (χ1) is 13.9. The summed E-state index contributed by atoms with van der Waals surface area (Å²) in [6.45, 7) is 2.75. The molecule has 0 saturated carbocycles. The fraction of sp³-hybridized carbons (Fsp3) is 0.333. The average molecular weight is 432 g/mol. The summed E-state index contributed by atoms with van der Waals surface area (Å²) < 4.78 is 40.4. The van der Waals surface area contributed by atoms with Gasteiger partial charge in [-0.15, -0.1) is 11.8 Å². The highest BCUT2D eigenvalue weighted by atomic mass is 32.2. The zero-order valence-electron chi connectivity index (χ0n) is 16.1. The smallest absolute Gasteiger partial charge is 0.243 e. The Morgan fingerprint density at radius 3 is 2.31 bits per heavy atom. The van der Waals surface area contributed by atoms with Gasteiger partial charge in [0.15, 0.2) is 5.66 Å². The van der Waals surface area contributed by atoms with Crippen LogP contribution in [0.4, 0.5) is 4.39 Å². The van der Waals surface area contributed by atoms with E-state index in [1.807, 2.05) is 30.3 Å². The molecule has 1 saturated heterocycles. The largest absolute Gasteiger partial charge is 0.252 e. The maximum atomic E-state index is 13.2. The second-order valence-corrected chi connectivity index (χ2v) is 10.2. The van der Waals surface area contributed by atoms with Gasteiger partial charge in [-0.05, 0) is 30.0 Å². The van der Waals surface area contributed by atoms with Crippen LogP contribution in [-0.2, 0) is 10.0 Å². The lowest BCUT2D eigenvalue weighted by atomic mass is 10.00. The van der Waals surface area contributed by atoms with E-state index in [0.717, 1.165) is 22.1 Å². The summed E-state index contributed by atoms with van der Waals surface area (Å²) in [6, 6.07) is 14.9. The molecule has 1 spiro atoms. The molecule has 4 rings (SSSR count). The van der Waals surface area contributed by atoms with E-state index in [1.165, 1.54) is 28.6 Å². The van der Waals surface area contributed by atoms with E-state index in [0.29, 0.717) is 25.9 Å². The van der Waals surface area contributed by atoms with Crippen LogP contribution in [0.2, 0.25) is 0 Å². The van der Waals surface area contributed by atoms with Crippen LogP contribution in [0.25, 0.3) is 0 Å². The second-order valence-electron chi connectivity index (χ2n) is 7.02. The van der Waals surface area contributed by atoms with Gasteiger partial charge in [-0.2, -0.15) is 4.31 Å². The lowest BCUT2D eigenvalue weighted by molar-refractivity contribution is 0.249. The van der Waals surface area contributed by atoms with Crippen molar-refractivity contribution >= 4 is 32.5 Å². The van der Waals surface area contributed by atoms with Crippen molar-refractivity contribution in [2.24, 2.45) is 9.98 Å². The Hall–Kier alpha value is -2.03. The quantitative estimate of drug-likeness (QED) is 0.736. The van der Waals surface area contributed by atoms with E-state index >= 15 is 0 Å². The summed E-state index contributed by atoms with van der Waals surface area (Å²) in [6.07, 6.45) is 1.05. The maximum Gasteiger partial charge on any atom is 0.243 e. The Morgan fingerprint density at radius 2 is 1.69 bits per heavy atom. The van der Waals surface area contributed by atoms with Crippen LogP contribution in [-0.4, -0.2) is 48.0 Å². The molecule has 0 atom stereocenters. The highest BCUT2D eigenvalue weighted by Gasteiger charge is 2.42. The third-order valence-electron chi connectivity index (χ3n) is 5.14. The molecule has 8 heteroatoms. The molecule has 0 amide bonds. The third-order valence-corrected chi connectivity index (χ3v) is 7.89. The summed E-state index contributed by atoms with van der Waals surface area (Å²) in [5.41, 5.74) is 1.33. The van der Waals surface area contributed by atoms with Gasteiger partial charge in [0.05, 0.1) is 10.6 Å². The van der Waals surface area contributed by atoms with Gasteiger partial charge in [0, 0.05) is 31.5 Å². The van der Waals surface area contributed by atoms with Gasteiger partial charge in [0.2, 0.25) is 10.0 Å². The van der Waals surface area contributed by atoms with Crippen molar-refractivity contribution in [3.8, 4) is 0 Å². The van der Waals surface area contributed by atoms with E-state index < -0.39 is 21.5 Å². The Bertz CT molecular complexity index is 1040. The number of thioether (sulfide) groups is 1. The summed E-state index contributed by atoms with van der Waals surface area (Å²) in [7, 11) is -3.65. The predicted molar refractivity (Wildman–Crippen MR) is 116 cm³/mol. The van der Waals surface area contributed by atoms with E-state index in [4.69, 9.17) is 9.98 Å². The normalized spacial score (nSPS) is 19.2. The molecule has 0 bridgehead atoms. The number of sulfonamides is 1. The van der Waals surface area contributed by atoms with Gasteiger partial charge in [0.1, 0.15) is 10.9 Å². The first-order valence-electron chi connectivity index (χ1n) is 9.57. The third kappa shape index (κ3) is 4.01. The standard InChI is InChI=1S/C21H22FN3O2S2/c1-2-28-20-19(16-6-4-3-5-7-16)23-21(24-20)12-14-25(15-13-21)29(26,27)18-10-8-17(22)9-11-18/h3-11H,2,12-15H2,1H3. The van der Waals surface area contributed by atoms with Crippen molar-refractivity contribution in [3.63, 3.8) is 0 Å². The average Bonchev–Trinajstić information content (AvgIpc) is 3.07. The molecule has 152 valence electrons. The van der Waals surface area contributed by atoms with Crippen molar-refractivity contribution in [1.29, 1.82) is 0 Å². The maximum absolute atomic E-state index is 13.2. The van der Waals surface area contributed by atoms with Gasteiger partial charge in [0.25, 0.3) is 0 Å². The van der Waals surface area contributed by atoms with Crippen LogP contribution in [0.1, 0.15) is 25.3 Å². The molecule has 0 unspecified atom stereocenters.